The summed E-state index contributed by atoms with van der Waals surface area (Å²) in [4.78, 5) is 3.59. The smallest absolute Gasteiger partial charge is 0.178 e. The lowest BCUT2D eigenvalue weighted by molar-refractivity contribution is 0.903. The Balaban J connectivity index is 3.19. The molecule has 1 heterocycles. The molecule has 0 aliphatic rings. The van der Waals surface area contributed by atoms with Gasteiger partial charge in [-0.15, -0.1) is 0 Å². The summed E-state index contributed by atoms with van der Waals surface area (Å²) in [6.07, 6.45) is 2.54. The summed E-state index contributed by atoms with van der Waals surface area (Å²) in [7, 11) is 1.72. The number of nitrogens with zero attached hydrogens (tertiary/aromatic N) is 2. The Hall–Kier alpha value is -0.210. The quantitative estimate of drug-likeness (QED) is 0.548. The predicted octanol–water partition coefficient (Wildman–Crippen LogP) is 1.53. The minimum Gasteiger partial charge on any atom is -0.314 e. The van der Waals surface area contributed by atoms with E-state index in [0.717, 1.165) is 0 Å². The van der Waals surface area contributed by atoms with Gasteiger partial charge in [0.2, 0.25) is 0 Å². The molecule has 4 heteroatoms. The SMILES string of the molecule is Cn1[c]nc(Cl)c1Cl. The highest BCUT2D eigenvalue weighted by Crippen LogP contribution is 2.16. The van der Waals surface area contributed by atoms with Crippen molar-refractivity contribution in [1.29, 1.82) is 0 Å². The van der Waals surface area contributed by atoms with Gasteiger partial charge < -0.3 is 4.57 Å². The van der Waals surface area contributed by atoms with Gasteiger partial charge in [-0.2, -0.15) is 0 Å². The number of aromatic nitrogens is 2. The highest BCUT2D eigenvalue weighted by molar-refractivity contribution is 6.40. The van der Waals surface area contributed by atoms with Gasteiger partial charge in [-0.3, -0.25) is 0 Å². The molecule has 1 rings (SSSR count). The molecule has 1 aromatic heterocycles. The van der Waals surface area contributed by atoms with E-state index in [0.29, 0.717) is 10.3 Å². The highest BCUT2D eigenvalue weighted by atomic mass is 35.5. The van der Waals surface area contributed by atoms with Crippen LogP contribution in [0.5, 0.6) is 0 Å². The van der Waals surface area contributed by atoms with Crippen molar-refractivity contribution < 1.29 is 0 Å². The fraction of sp³-hybridized carbons (Fsp3) is 0.250. The Kier molecular flexibility index (Phi) is 1.45. The molecule has 0 aliphatic heterocycles. The zero-order valence-corrected chi connectivity index (χ0v) is 5.66. The highest BCUT2D eigenvalue weighted by Gasteiger charge is 2.00. The molecule has 0 unspecified atom stereocenters. The van der Waals surface area contributed by atoms with Crippen molar-refractivity contribution in [1.82, 2.24) is 9.55 Å². The van der Waals surface area contributed by atoms with Crippen molar-refractivity contribution in [2.75, 3.05) is 0 Å². The Morgan fingerprint density at radius 2 is 2.25 bits per heavy atom. The van der Waals surface area contributed by atoms with E-state index in [2.05, 4.69) is 11.3 Å². The van der Waals surface area contributed by atoms with Crippen LogP contribution in [0.15, 0.2) is 0 Å². The lowest BCUT2D eigenvalue weighted by atomic mass is 10.9. The molecular weight excluding hydrogens is 147 g/mol. The summed E-state index contributed by atoms with van der Waals surface area (Å²) in [6.45, 7) is 0. The zero-order valence-electron chi connectivity index (χ0n) is 4.15. The average molecular weight is 150 g/mol. The van der Waals surface area contributed by atoms with Crippen LogP contribution < -0.4 is 0 Å². The molecule has 0 N–H and O–H groups in total. The monoisotopic (exact) mass is 149 g/mol. The molecule has 0 amide bonds. The van der Waals surface area contributed by atoms with Gasteiger partial charge in [0.25, 0.3) is 0 Å². The van der Waals surface area contributed by atoms with Gasteiger partial charge in [0.05, 0.1) is 0 Å². The number of halogens is 2. The zero-order chi connectivity index (χ0) is 6.15. The molecule has 43 valence electrons. The van der Waals surface area contributed by atoms with Crippen LogP contribution in [-0.2, 0) is 7.05 Å². The number of aryl methyl sites for hydroxylation is 1. The summed E-state index contributed by atoms with van der Waals surface area (Å²) in [5, 5.41) is 0.723. The van der Waals surface area contributed by atoms with Gasteiger partial charge in [-0.05, 0) is 0 Å². The average Bonchev–Trinajstić information content (AvgIpc) is 1.98. The standard InChI is InChI=1S/C4H3Cl2N2/c1-8-2-7-3(5)4(8)6/h1H3. The van der Waals surface area contributed by atoms with Gasteiger partial charge >= 0.3 is 0 Å². The van der Waals surface area contributed by atoms with Crippen molar-refractivity contribution in [2.45, 2.75) is 0 Å². The van der Waals surface area contributed by atoms with Gasteiger partial charge in [0.1, 0.15) is 5.15 Å². The molecule has 0 aromatic carbocycles. The third kappa shape index (κ3) is 0.812. The summed E-state index contributed by atoms with van der Waals surface area (Å²) < 4.78 is 1.52. The lowest BCUT2D eigenvalue weighted by Gasteiger charge is -1.85. The fourth-order valence-electron chi connectivity index (χ4n) is 0.347. The van der Waals surface area contributed by atoms with Crippen LogP contribution in [0.1, 0.15) is 0 Å². The van der Waals surface area contributed by atoms with Gasteiger partial charge in [0.15, 0.2) is 11.5 Å². The third-order valence-corrected chi connectivity index (χ3v) is 1.56. The first-order valence-corrected chi connectivity index (χ1v) is 2.73. The van der Waals surface area contributed by atoms with Crippen molar-refractivity contribution in [3.8, 4) is 0 Å². The Labute approximate surface area is 57.0 Å². The maximum Gasteiger partial charge on any atom is 0.178 e. The molecule has 0 atom stereocenters. The van der Waals surface area contributed by atoms with Gasteiger partial charge in [-0.1, -0.05) is 23.2 Å². The first kappa shape index (κ1) is 5.92. The Bertz CT molecular complexity index is 174. The number of hydrogen-bond donors (Lipinski definition) is 0. The third-order valence-electron chi connectivity index (χ3n) is 0.763. The summed E-state index contributed by atoms with van der Waals surface area (Å²) in [6, 6.07) is 0. The second-order valence-corrected chi connectivity index (χ2v) is 2.07. The van der Waals surface area contributed by atoms with E-state index >= 15 is 0 Å². The van der Waals surface area contributed by atoms with Crippen molar-refractivity contribution >= 4 is 23.2 Å². The summed E-state index contributed by atoms with van der Waals surface area (Å²) in [5.74, 6) is 0. The minimum atomic E-state index is 0.300. The maximum atomic E-state index is 5.53. The largest absolute Gasteiger partial charge is 0.314 e. The van der Waals surface area contributed by atoms with Crippen molar-refractivity contribution in [2.24, 2.45) is 7.05 Å². The first-order valence-electron chi connectivity index (χ1n) is 1.97. The van der Waals surface area contributed by atoms with Crippen LogP contribution in [0.3, 0.4) is 0 Å². The van der Waals surface area contributed by atoms with E-state index in [-0.39, 0.29) is 0 Å². The number of imidazole rings is 1. The van der Waals surface area contributed by atoms with Crippen LogP contribution in [0.2, 0.25) is 10.3 Å². The molecule has 1 radical (unpaired) electrons. The van der Waals surface area contributed by atoms with Crippen LogP contribution in [0, 0.1) is 6.33 Å². The van der Waals surface area contributed by atoms with Gasteiger partial charge in [0, 0.05) is 7.05 Å². The van der Waals surface area contributed by atoms with Crippen LogP contribution in [-0.4, -0.2) is 9.55 Å². The molecular formula is C4H3Cl2N2. The predicted molar refractivity (Wildman–Crippen MR) is 32.1 cm³/mol. The molecule has 0 saturated heterocycles. The Morgan fingerprint density at radius 1 is 1.62 bits per heavy atom. The summed E-state index contributed by atoms with van der Waals surface area (Å²) in [5.41, 5.74) is 0. The molecule has 0 spiro atoms. The van der Waals surface area contributed by atoms with Crippen molar-refractivity contribution in [3.05, 3.63) is 16.6 Å². The molecule has 0 fully saturated rings. The van der Waals surface area contributed by atoms with E-state index < -0.39 is 0 Å². The first-order chi connectivity index (χ1) is 3.72. The molecule has 0 saturated carbocycles. The topological polar surface area (TPSA) is 17.8 Å². The molecule has 0 bridgehead atoms. The van der Waals surface area contributed by atoms with E-state index in [1.807, 2.05) is 0 Å². The Morgan fingerprint density at radius 3 is 2.38 bits per heavy atom. The second-order valence-electron chi connectivity index (χ2n) is 1.35. The lowest BCUT2D eigenvalue weighted by Crippen LogP contribution is -1.82. The van der Waals surface area contributed by atoms with Gasteiger partial charge in [-0.25, -0.2) is 4.98 Å². The molecule has 8 heavy (non-hydrogen) atoms. The second kappa shape index (κ2) is 1.96. The van der Waals surface area contributed by atoms with E-state index in [1.54, 1.807) is 7.05 Å². The van der Waals surface area contributed by atoms with Crippen LogP contribution >= 0.6 is 23.2 Å². The van der Waals surface area contributed by atoms with Crippen molar-refractivity contribution in [3.63, 3.8) is 0 Å². The minimum absolute atomic E-state index is 0.300. The molecule has 0 aliphatic carbocycles. The van der Waals surface area contributed by atoms with Crippen LogP contribution in [0.4, 0.5) is 0 Å². The van der Waals surface area contributed by atoms with E-state index in [1.165, 1.54) is 4.57 Å². The number of rotatable bonds is 0. The molecule has 1 aromatic rings. The normalized spacial score (nSPS) is 9.88. The fourth-order valence-corrected chi connectivity index (χ4v) is 0.592. The number of hydrogen-bond acceptors (Lipinski definition) is 1. The molecule has 2 nitrogen and oxygen atoms in total. The van der Waals surface area contributed by atoms with E-state index in [4.69, 9.17) is 23.2 Å². The van der Waals surface area contributed by atoms with Crippen LogP contribution in [0.25, 0.3) is 0 Å². The summed E-state index contributed by atoms with van der Waals surface area (Å²) >= 11 is 11.0. The maximum absolute atomic E-state index is 5.53. The van der Waals surface area contributed by atoms with E-state index in [9.17, 15) is 0 Å².